The van der Waals surface area contributed by atoms with E-state index in [4.69, 9.17) is 4.74 Å². The van der Waals surface area contributed by atoms with E-state index in [-0.39, 0.29) is 12.1 Å². The summed E-state index contributed by atoms with van der Waals surface area (Å²) in [5.41, 5.74) is 0.765. The number of nitrogens with one attached hydrogen (secondary N) is 2. The van der Waals surface area contributed by atoms with Crippen molar-refractivity contribution in [2.45, 2.75) is 63.2 Å². The molecular formula is C23H36N4O3. The number of anilines is 1. The molecule has 0 spiro atoms. The van der Waals surface area contributed by atoms with Crippen LogP contribution in [0.25, 0.3) is 0 Å². The molecule has 2 aliphatic heterocycles. The zero-order chi connectivity index (χ0) is 20.8. The zero-order valence-electron chi connectivity index (χ0n) is 17.9. The molecule has 166 valence electrons. The van der Waals surface area contributed by atoms with Crippen LogP contribution in [0, 0.1) is 0 Å². The van der Waals surface area contributed by atoms with E-state index in [1.165, 1.54) is 32.4 Å². The zero-order valence-corrected chi connectivity index (χ0v) is 17.9. The Morgan fingerprint density at radius 2 is 1.73 bits per heavy atom. The topological polar surface area (TPSA) is 77.1 Å². The van der Waals surface area contributed by atoms with Crippen LogP contribution in [-0.2, 0) is 0 Å². The number of hydrogen-bond donors (Lipinski definition) is 3. The van der Waals surface area contributed by atoms with Gasteiger partial charge in [0.15, 0.2) is 0 Å². The van der Waals surface area contributed by atoms with Crippen molar-refractivity contribution in [3.8, 4) is 5.75 Å². The molecule has 0 bridgehead atoms. The van der Waals surface area contributed by atoms with Crippen LogP contribution < -0.4 is 15.4 Å². The summed E-state index contributed by atoms with van der Waals surface area (Å²) < 4.78 is 6.09. The minimum atomic E-state index is -0.191. The highest BCUT2D eigenvalue weighted by molar-refractivity contribution is 5.89. The average Bonchev–Trinajstić information content (AvgIpc) is 2.74. The lowest BCUT2D eigenvalue weighted by Gasteiger charge is -2.44. The summed E-state index contributed by atoms with van der Waals surface area (Å²) in [5, 5.41) is 15.3. The Morgan fingerprint density at radius 3 is 2.43 bits per heavy atom. The summed E-state index contributed by atoms with van der Waals surface area (Å²) in [6.07, 6.45) is 8.10. The lowest BCUT2D eigenvalue weighted by atomic mass is 9.86. The van der Waals surface area contributed by atoms with Gasteiger partial charge >= 0.3 is 6.03 Å². The fourth-order valence-corrected chi connectivity index (χ4v) is 4.67. The van der Waals surface area contributed by atoms with Crippen LogP contribution in [0.5, 0.6) is 5.75 Å². The maximum Gasteiger partial charge on any atom is 0.319 e. The third-order valence-electron chi connectivity index (χ3n) is 6.66. The summed E-state index contributed by atoms with van der Waals surface area (Å²) in [7, 11) is 0. The molecule has 3 N–H and O–H groups in total. The minimum Gasteiger partial charge on any atom is -0.490 e. The predicted molar refractivity (Wildman–Crippen MR) is 118 cm³/mol. The number of aliphatic hydroxyl groups excluding tert-OH is 1. The second-order valence-corrected chi connectivity index (χ2v) is 8.94. The number of benzene rings is 1. The normalized spacial score (nSPS) is 26.0. The number of likely N-dealkylation sites (tertiary alicyclic amines) is 2. The molecule has 7 heteroatoms. The van der Waals surface area contributed by atoms with E-state index < -0.39 is 0 Å². The van der Waals surface area contributed by atoms with Crippen molar-refractivity contribution in [1.82, 2.24) is 15.1 Å². The summed E-state index contributed by atoms with van der Waals surface area (Å²) in [4.78, 5) is 17.0. The molecular weight excluding hydrogens is 380 g/mol. The summed E-state index contributed by atoms with van der Waals surface area (Å²) in [5.74, 6) is 0.871. The van der Waals surface area contributed by atoms with Gasteiger partial charge in [-0.05, 0) is 63.0 Å². The number of urea groups is 1. The third kappa shape index (κ3) is 6.09. The largest absolute Gasteiger partial charge is 0.490 e. The van der Waals surface area contributed by atoms with E-state index in [1.807, 2.05) is 24.3 Å². The molecule has 0 aromatic heterocycles. The number of carbonyl (C=O) groups is 1. The Morgan fingerprint density at radius 1 is 1.03 bits per heavy atom. The van der Waals surface area contributed by atoms with Crippen LogP contribution >= 0.6 is 0 Å². The maximum absolute atomic E-state index is 12.1. The molecule has 4 rings (SSSR count). The number of carbonyl (C=O) groups excluding carboxylic acids is 1. The monoisotopic (exact) mass is 416 g/mol. The molecule has 3 fully saturated rings. The first-order valence-corrected chi connectivity index (χ1v) is 11.6. The highest BCUT2D eigenvalue weighted by Crippen LogP contribution is 2.31. The van der Waals surface area contributed by atoms with E-state index in [0.717, 1.165) is 56.8 Å². The van der Waals surface area contributed by atoms with Crippen LogP contribution in [0.4, 0.5) is 10.5 Å². The number of rotatable bonds is 7. The van der Waals surface area contributed by atoms with Crippen LogP contribution in [0.2, 0.25) is 0 Å². The van der Waals surface area contributed by atoms with Crippen molar-refractivity contribution in [1.29, 1.82) is 0 Å². The maximum atomic E-state index is 12.1. The molecule has 0 radical (unpaired) electrons. The molecule has 1 aromatic rings. The van der Waals surface area contributed by atoms with Gasteiger partial charge in [-0.15, -0.1) is 0 Å². The fourth-order valence-electron chi connectivity index (χ4n) is 4.67. The van der Waals surface area contributed by atoms with Gasteiger partial charge in [-0.2, -0.15) is 0 Å². The molecule has 3 aliphatic rings. The fraction of sp³-hybridized carbons (Fsp3) is 0.696. The van der Waals surface area contributed by atoms with Gasteiger partial charge in [-0.1, -0.05) is 6.42 Å². The number of amides is 2. The van der Waals surface area contributed by atoms with E-state index in [0.29, 0.717) is 18.7 Å². The number of nitrogens with zero attached hydrogens (tertiary/aromatic N) is 2. The Balaban J connectivity index is 1.11. The second-order valence-electron chi connectivity index (χ2n) is 8.94. The molecule has 2 heterocycles. The van der Waals surface area contributed by atoms with E-state index in [2.05, 4.69) is 20.4 Å². The van der Waals surface area contributed by atoms with Crippen LogP contribution in [0.15, 0.2) is 24.3 Å². The highest BCUT2D eigenvalue weighted by Gasteiger charge is 2.35. The van der Waals surface area contributed by atoms with Crippen molar-refractivity contribution in [3.63, 3.8) is 0 Å². The Labute approximate surface area is 179 Å². The summed E-state index contributed by atoms with van der Waals surface area (Å²) >= 11 is 0. The predicted octanol–water partition coefficient (Wildman–Crippen LogP) is 2.66. The number of piperidine rings is 2. The molecule has 7 nitrogen and oxygen atoms in total. The van der Waals surface area contributed by atoms with Crippen molar-refractivity contribution in [3.05, 3.63) is 24.3 Å². The van der Waals surface area contributed by atoms with Crippen molar-refractivity contribution in [2.24, 2.45) is 0 Å². The molecule has 30 heavy (non-hydrogen) atoms. The van der Waals surface area contributed by atoms with Crippen molar-refractivity contribution < 1.29 is 14.6 Å². The molecule has 1 aromatic carbocycles. The Hall–Kier alpha value is -1.83. The van der Waals surface area contributed by atoms with Crippen LogP contribution in [0.1, 0.15) is 44.9 Å². The quantitative estimate of drug-likeness (QED) is 0.637. The molecule has 2 amide bonds. The third-order valence-corrected chi connectivity index (χ3v) is 6.66. The van der Waals surface area contributed by atoms with E-state index in [9.17, 15) is 9.90 Å². The lowest BCUT2D eigenvalue weighted by molar-refractivity contribution is 0.00893. The van der Waals surface area contributed by atoms with Gasteiger partial charge < -0.3 is 30.3 Å². The van der Waals surface area contributed by atoms with Gasteiger partial charge in [0, 0.05) is 50.7 Å². The van der Waals surface area contributed by atoms with Crippen LogP contribution in [0.3, 0.4) is 0 Å². The van der Waals surface area contributed by atoms with Gasteiger partial charge in [-0.3, -0.25) is 0 Å². The van der Waals surface area contributed by atoms with E-state index >= 15 is 0 Å². The van der Waals surface area contributed by atoms with Crippen molar-refractivity contribution in [2.75, 3.05) is 44.6 Å². The Kier molecular flexibility index (Phi) is 7.47. The first-order valence-electron chi connectivity index (χ1n) is 11.6. The first-order chi connectivity index (χ1) is 14.7. The molecule has 2 saturated heterocycles. The van der Waals surface area contributed by atoms with Gasteiger partial charge in [-0.25, -0.2) is 4.79 Å². The SMILES string of the molecule is O=C(NCCN1CCC(O)CC1)Nc1ccc(OC2CC(N3CCCCC3)C2)cc1. The minimum absolute atomic E-state index is 0.162. The summed E-state index contributed by atoms with van der Waals surface area (Å²) in [6, 6.07) is 8.16. The molecule has 1 saturated carbocycles. The smallest absolute Gasteiger partial charge is 0.319 e. The lowest BCUT2D eigenvalue weighted by Crippen LogP contribution is -2.50. The van der Waals surface area contributed by atoms with Crippen molar-refractivity contribution >= 4 is 11.7 Å². The van der Waals surface area contributed by atoms with Gasteiger partial charge in [0.2, 0.25) is 0 Å². The molecule has 0 atom stereocenters. The summed E-state index contributed by atoms with van der Waals surface area (Å²) in [6.45, 7) is 5.70. The first kappa shape index (κ1) is 21.4. The average molecular weight is 417 g/mol. The number of ether oxygens (including phenoxy) is 1. The number of aliphatic hydroxyl groups is 1. The molecule has 1 aliphatic carbocycles. The highest BCUT2D eigenvalue weighted by atomic mass is 16.5. The Bertz CT molecular complexity index is 664. The van der Waals surface area contributed by atoms with Gasteiger partial charge in [0.05, 0.1) is 6.10 Å². The van der Waals surface area contributed by atoms with E-state index in [1.54, 1.807) is 0 Å². The van der Waals surface area contributed by atoms with Gasteiger partial charge in [0.1, 0.15) is 11.9 Å². The standard InChI is InChI=1S/C23H36N4O3/c28-20-8-13-26(14-9-20)15-10-24-23(29)25-18-4-6-21(7-5-18)30-22-16-19(17-22)27-11-2-1-3-12-27/h4-7,19-20,22,28H,1-3,8-17H2,(H2,24,25,29). The van der Waals surface area contributed by atoms with Gasteiger partial charge in [0.25, 0.3) is 0 Å². The number of hydrogen-bond acceptors (Lipinski definition) is 5. The second kappa shape index (κ2) is 10.5. The molecule has 0 unspecified atom stereocenters. The van der Waals surface area contributed by atoms with Crippen LogP contribution in [-0.4, -0.2) is 78.5 Å².